The summed E-state index contributed by atoms with van der Waals surface area (Å²) in [5.41, 5.74) is 5.76. The maximum Gasteiger partial charge on any atom is 0.382 e. The summed E-state index contributed by atoms with van der Waals surface area (Å²) < 4.78 is 22.3. The predicted molar refractivity (Wildman–Crippen MR) is 182 cm³/mol. The second-order valence-corrected chi connectivity index (χ2v) is 19.8. The van der Waals surface area contributed by atoms with Crippen molar-refractivity contribution in [2.75, 3.05) is 0 Å². The van der Waals surface area contributed by atoms with Crippen molar-refractivity contribution in [3.8, 4) is 0 Å². The van der Waals surface area contributed by atoms with Crippen LogP contribution < -0.4 is 15.6 Å². The van der Waals surface area contributed by atoms with Crippen molar-refractivity contribution in [3.63, 3.8) is 0 Å². The van der Waals surface area contributed by atoms with Crippen molar-refractivity contribution >= 4 is 73.6 Å². The number of hydrogen-bond donors (Lipinski definition) is 0. The highest BCUT2D eigenvalue weighted by atomic mass is 28.5. The highest BCUT2D eigenvalue weighted by Crippen LogP contribution is 2.36. The van der Waals surface area contributed by atoms with E-state index >= 15 is 0 Å². The Morgan fingerprint density at radius 3 is 0.905 bits per heavy atom. The third kappa shape index (κ3) is 4.04. The van der Waals surface area contributed by atoms with E-state index in [9.17, 15) is 0 Å². The van der Waals surface area contributed by atoms with Gasteiger partial charge in [-0.15, -0.1) is 19.7 Å². The van der Waals surface area contributed by atoms with Gasteiger partial charge in [-0.1, -0.05) is 127 Å². The van der Waals surface area contributed by atoms with Gasteiger partial charge in [0.25, 0.3) is 0 Å². The molecule has 3 nitrogen and oxygen atoms in total. The van der Waals surface area contributed by atoms with E-state index in [1.165, 1.54) is 0 Å². The van der Waals surface area contributed by atoms with Gasteiger partial charge in [0.15, 0.2) is 0 Å². The lowest BCUT2D eigenvalue weighted by Gasteiger charge is -2.51. The molecular weight excluding hydrogens is 565 g/mol. The van der Waals surface area contributed by atoms with Crippen LogP contribution in [0.4, 0.5) is 0 Å². The molecule has 0 unspecified atom stereocenters. The van der Waals surface area contributed by atoms with E-state index < -0.39 is 25.7 Å². The molecule has 204 valence electrons. The molecule has 0 aromatic heterocycles. The Hall–Kier alpha value is -4.15. The Labute approximate surface area is 249 Å². The molecule has 42 heavy (non-hydrogen) atoms. The van der Waals surface area contributed by atoms with Crippen LogP contribution >= 0.6 is 0 Å². The Morgan fingerprint density at radius 1 is 0.357 bits per heavy atom. The van der Waals surface area contributed by atoms with Crippen molar-refractivity contribution in [3.05, 3.63) is 164 Å². The maximum atomic E-state index is 7.42. The van der Waals surface area contributed by atoms with E-state index in [1.807, 2.05) is 17.1 Å². The van der Waals surface area contributed by atoms with Crippen molar-refractivity contribution in [2.24, 2.45) is 0 Å². The van der Waals surface area contributed by atoms with Gasteiger partial charge >= 0.3 is 25.7 Å². The zero-order chi connectivity index (χ0) is 28.8. The van der Waals surface area contributed by atoms with Crippen LogP contribution in [0.5, 0.6) is 0 Å². The Morgan fingerprint density at radius 2 is 0.619 bits per heavy atom. The van der Waals surface area contributed by atoms with Crippen LogP contribution in [-0.4, -0.2) is 25.7 Å². The first-order valence-electron chi connectivity index (χ1n) is 14.0. The zero-order valence-electron chi connectivity index (χ0n) is 23.2. The van der Waals surface area contributed by atoms with Crippen molar-refractivity contribution in [2.45, 2.75) is 0 Å². The minimum Gasteiger partial charge on any atom is -0.402 e. The summed E-state index contributed by atoms with van der Waals surface area (Å²) in [6.45, 7) is 13.2. The van der Waals surface area contributed by atoms with Crippen molar-refractivity contribution in [1.29, 1.82) is 0 Å². The Balaban J connectivity index is 1.58. The van der Waals surface area contributed by atoms with Crippen LogP contribution in [0.1, 0.15) is 0 Å². The van der Waals surface area contributed by atoms with Crippen molar-refractivity contribution in [1.82, 2.24) is 0 Å². The standard InChI is InChI=1S/C36H30O3Si3/c1-4-40(34-25-13-19-28-16-7-10-22-31(28)34)37-41(5-2,35-26-14-20-29-17-8-11-23-32(29)35)39-42(6-3,38-40)36-27-15-21-30-18-9-12-24-33(30)36/h4-27H,1-3H2. The molecule has 0 aliphatic carbocycles. The average molecular weight is 595 g/mol. The molecule has 0 bridgehead atoms. The fraction of sp³-hybridized carbons (Fsp3) is 0. The van der Waals surface area contributed by atoms with Gasteiger partial charge in [-0.2, -0.15) is 0 Å². The highest BCUT2D eigenvalue weighted by molar-refractivity contribution is 7.11. The molecule has 0 spiro atoms. The first-order valence-corrected chi connectivity index (χ1v) is 19.7. The van der Waals surface area contributed by atoms with Gasteiger partial charge in [-0.05, 0) is 49.4 Å². The molecule has 0 radical (unpaired) electrons. The Kier molecular flexibility index (Phi) is 6.55. The fourth-order valence-electron chi connectivity index (χ4n) is 6.24. The van der Waals surface area contributed by atoms with Crippen LogP contribution in [0.25, 0.3) is 32.3 Å². The van der Waals surface area contributed by atoms with E-state index in [0.717, 1.165) is 47.9 Å². The molecule has 0 N–H and O–H groups in total. The second-order valence-electron chi connectivity index (χ2n) is 10.5. The fourth-order valence-corrected chi connectivity index (χ4v) is 21.4. The normalized spacial score (nSPS) is 24.0. The zero-order valence-corrected chi connectivity index (χ0v) is 26.2. The molecule has 0 saturated carbocycles. The molecule has 1 saturated heterocycles. The largest absolute Gasteiger partial charge is 0.402 e. The Bertz CT molecular complexity index is 1760. The lowest BCUT2D eigenvalue weighted by atomic mass is 10.1. The molecule has 6 aromatic carbocycles. The minimum absolute atomic E-state index is 1.01. The van der Waals surface area contributed by atoms with E-state index in [-0.39, 0.29) is 0 Å². The van der Waals surface area contributed by atoms with Gasteiger partial charge in [0.2, 0.25) is 0 Å². The minimum atomic E-state index is -3.43. The van der Waals surface area contributed by atoms with Gasteiger partial charge < -0.3 is 12.3 Å². The third-order valence-corrected chi connectivity index (χ3v) is 20.7. The lowest BCUT2D eigenvalue weighted by Crippen LogP contribution is -2.79. The molecule has 0 amide bonds. The molecule has 7 rings (SSSR count). The molecule has 6 heteroatoms. The van der Waals surface area contributed by atoms with Gasteiger partial charge in [0, 0.05) is 15.6 Å². The topological polar surface area (TPSA) is 27.7 Å². The molecule has 1 heterocycles. The number of benzene rings is 6. The van der Waals surface area contributed by atoms with Crippen molar-refractivity contribution < 1.29 is 12.3 Å². The predicted octanol–water partition coefficient (Wildman–Crippen LogP) is 6.73. The summed E-state index contributed by atoms with van der Waals surface area (Å²) in [5.74, 6) is 0. The third-order valence-electron chi connectivity index (χ3n) is 8.21. The summed E-state index contributed by atoms with van der Waals surface area (Å²) in [4.78, 5) is 0. The molecule has 1 aliphatic rings. The quantitative estimate of drug-likeness (QED) is 0.200. The van der Waals surface area contributed by atoms with E-state index in [2.05, 4.69) is 147 Å². The van der Waals surface area contributed by atoms with Crippen LogP contribution in [0.3, 0.4) is 0 Å². The first kappa shape index (κ1) is 26.7. The van der Waals surface area contributed by atoms with E-state index in [0.29, 0.717) is 0 Å². The van der Waals surface area contributed by atoms with Crippen LogP contribution in [0, 0.1) is 0 Å². The average Bonchev–Trinajstić information content (AvgIpc) is 3.07. The lowest BCUT2D eigenvalue weighted by molar-refractivity contribution is 0.266. The van der Waals surface area contributed by atoms with E-state index in [4.69, 9.17) is 12.3 Å². The van der Waals surface area contributed by atoms with Crippen LogP contribution in [-0.2, 0) is 12.3 Å². The molecule has 1 fully saturated rings. The summed E-state index contributed by atoms with van der Waals surface area (Å²) >= 11 is 0. The monoisotopic (exact) mass is 594 g/mol. The van der Waals surface area contributed by atoms with Gasteiger partial charge in [-0.25, -0.2) is 0 Å². The van der Waals surface area contributed by atoms with Gasteiger partial charge in [-0.3, -0.25) is 0 Å². The second kappa shape index (κ2) is 10.3. The maximum absolute atomic E-state index is 7.42. The van der Waals surface area contributed by atoms with Crippen LogP contribution in [0.15, 0.2) is 164 Å². The van der Waals surface area contributed by atoms with Gasteiger partial charge in [0.1, 0.15) is 0 Å². The van der Waals surface area contributed by atoms with Gasteiger partial charge in [0.05, 0.1) is 0 Å². The summed E-state index contributed by atoms with van der Waals surface area (Å²) in [6.07, 6.45) is 0. The first-order chi connectivity index (χ1) is 20.6. The smallest absolute Gasteiger partial charge is 0.382 e. The summed E-state index contributed by atoms with van der Waals surface area (Å²) in [6, 6.07) is 44.0. The molecule has 6 aromatic rings. The molecule has 1 aliphatic heterocycles. The molecule has 0 atom stereocenters. The SMILES string of the molecule is C=C[Si]1(c2cccc3ccccc23)O[Si](C=C)(c2cccc3ccccc23)O[Si](C=C)(c2cccc3ccccc23)O1. The van der Waals surface area contributed by atoms with E-state index in [1.54, 1.807) is 0 Å². The number of hydrogen-bond acceptors (Lipinski definition) is 3. The van der Waals surface area contributed by atoms with Crippen LogP contribution in [0.2, 0.25) is 0 Å². The summed E-state index contributed by atoms with van der Waals surface area (Å²) in [5, 5.41) is 9.65. The number of rotatable bonds is 6. The highest BCUT2D eigenvalue weighted by Gasteiger charge is 2.63. The number of fused-ring (bicyclic) bond motifs is 3. The summed E-state index contributed by atoms with van der Waals surface area (Å²) in [7, 11) is -10.3. The molecular formula is C36H30O3Si3.